The molecule has 0 fully saturated rings. The van der Waals surface area contributed by atoms with Gasteiger partial charge < -0.3 is 10.4 Å². The van der Waals surface area contributed by atoms with E-state index in [2.05, 4.69) is 21.2 Å². The molecular formula is C12H16BrNO2. The Morgan fingerprint density at radius 3 is 2.44 bits per heavy atom. The number of carboxylic acid groups (broad SMARTS) is 1. The standard InChI is InChI=1S/C12H16BrNO2/c1-8(14-9(2)12(15)16)7-10-3-5-11(13)6-4-10/h3-6,8-9,14H,7H2,1-2H3,(H,15,16)/t8?,9-/m1/s1. The molecule has 0 bridgehead atoms. The first-order valence-electron chi connectivity index (χ1n) is 5.22. The van der Waals surface area contributed by atoms with Crippen LogP contribution in [-0.2, 0) is 11.2 Å². The highest BCUT2D eigenvalue weighted by molar-refractivity contribution is 9.10. The van der Waals surface area contributed by atoms with Gasteiger partial charge in [-0.3, -0.25) is 4.79 Å². The van der Waals surface area contributed by atoms with E-state index in [-0.39, 0.29) is 6.04 Å². The molecule has 0 amide bonds. The predicted molar refractivity (Wildman–Crippen MR) is 67.5 cm³/mol. The van der Waals surface area contributed by atoms with E-state index in [1.165, 1.54) is 5.56 Å². The van der Waals surface area contributed by atoms with Crippen LogP contribution in [0.5, 0.6) is 0 Å². The molecule has 2 atom stereocenters. The number of aliphatic carboxylic acids is 1. The first-order valence-corrected chi connectivity index (χ1v) is 6.01. The van der Waals surface area contributed by atoms with Gasteiger partial charge in [-0.1, -0.05) is 28.1 Å². The van der Waals surface area contributed by atoms with E-state index in [4.69, 9.17) is 5.11 Å². The molecule has 1 rings (SSSR count). The quantitative estimate of drug-likeness (QED) is 0.874. The number of nitrogens with one attached hydrogen (secondary N) is 1. The third-order valence-electron chi connectivity index (χ3n) is 2.36. The number of halogens is 1. The van der Waals surface area contributed by atoms with Crippen LogP contribution in [0.2, 0.25) is 0 Å². The van der Waals surface area contributed by atoms with Crippen molar-refractivity contribution in [3.05, 3.63) is 34.3 Å². The van der Waals surface area contributed by atoms with E-state index < -0.39 is 12.0 Å². The minimum Gasteiger partial charge on any atom is -0.480 e. The zero-order valence-corrected chi connectivity index (χ0v) is 11.0. The van der Waals surface area contributed by atoms with Gasteiger partial charge in [0.2, 0.25) is 0 Å². The minimum atomic E-state index is -0.817. The predicted octanol–water partition coefficient (Wildman–Crippen LogP) is 2.44. The highest BCUT2D eigenvalue weighted by atomic mass is 79.9. The smallest absolute Gasteiger partial charge is 0.320 e. The second-order valence-corrected chi connectivity index (χ2v) is 4.87. The summed E-state index contributed by atoms with van der Waals surface area (Å²) in [6, 6.07) is 7.69. The number of carbonyl (C=O) groups is 1. The molecule has 0 saturated heterocycles. The van der Waals surface area contributed by atoms with Gasteiger partial charge in [-0.25, -0.2) is 0 Å². The Morgan fingerprint density at radius 2 is 1.94 bits per heavy atom. The molecule has 0 spiro atoms. The van der Waals surface area contributed by atoms with Crippen molar-refractivity contribution < 1.29 is 9.90 Å². The lowest BCUT2D eigenvalue weighted by Gasteiger charge is -2.17. The van der Waals surface area contributed by atoms with E-state index in [0.717, 1.165) is 10.9 Å². The first kappa shape index (κ1) is 13.2. The summed E-state index contributed by atoms with van der Waals surface area (Å²) in [5, 5.41) is 11.8. The van der Waals surface area contributed by atoms with Crippen LogP contribution < -0.4 is 5.32 Å². The monoisotopic (exact) mass is 285 g/mol. The first-order chi connectivity index (χ1) is 7.49. The summed E-state index contributed by atoms with van der Waals surface area (Å²) in [5.74, 6) is -0.817. The maximum Gasteiger partial charge on any atom is 0.320 e. The molecule has 16 heavy (non-hydrogen) atoms. The summed E-state index contributed by atoms with van der Waals surface area (Å²) in [6.45, 7) is 3.64. The molecule has 0 aliphatic heterocycles. The van der Waals surface area contributed by atoms with Crippen molar-refractivity contribution in [3.8, 4) is 0 Å². The maximum atomic E-state index is 10.7. The van der Waals surface area contributed by atoms with Crippen molar-refractivity contribution in [2.45, 2.75) is 32.4 Å². The fourth-order valence-electron chi connectivity index (χ4n) is 1.53. The van der Waals surface area contributed by atoms with Crippen LogP contribution in [0, 0.1) is 0 Å². The van der Waals surface area contributed by atoms with Crippen LogP contribution in [0.15, 0.2) is 28.7 Å². The summed E-state index contributed by atoms with van der Waals surface area (Å²) in [5.41, 5.74) is 1.20. The Balaban J connectivity index is 2.48. The molecule has 0 aliphatic rings. The van der Waals surface area contributed by atoms with Gasteiger partial charge in [-0.2, -0.15) is 0 Å². The molecule has 4 heteroatoms. The van der Waals surface area contributed by atoms with Crippen molar-refractivity contribution in [3.63, 3.8) is 0 Å². The van der Waals surface area contributed by atoms with Gasteiger partial charge in [-0.15, -0.1) is 0 Å². The van der Waals surface area contributed by atoms with Crippen molar-refractivity contribution >= 4 is 21.9 Å². The molecule has 3 nitrogen and oxygen atoms in total. The van der Waals surface area contributed by atoms with Gasteiger partial charge >= 0.3 is 5.97 Å². The van der Waals surface area contributed by atoms with Crippen LogP contribution in [0.1, 0.15) is 19.4 Å². The maximum absolute atomic E-state index is 10.7. The Kier molecular flexibility index (Phi) is 4.96. The molecule has 0 aliphatic carbocycles. The Morgan fingerprint density at radius 1 is 1.38 bits per heavy atom. The van der Waals surface area contributed by atoms with Crippen LogP contribution in [0.4, 0.5) is 0 Å². The molecule has 0 saturated carbocycles. The van der Waals surface area contributed by atoms with Crippen LogP contribution in [-0.4, -0.2) is 23.2 Å². The van der Waals surface area contributed by atoms with Gasteiger partial charge in [0.15, 0.2) is 0 Å². The Bertz CT molecular complexity index is 351. The van der Waals surface area contributed by atoms with Crippen LogP contribution in [0.25, 0.3) is 0 Å². The number of hydrogen-bond acceptors (Lipinski definition) is 2. The molecule has 0 aromatic heterocycles. The number of benzene rings is 1. The molecule has 2 N–H and O–H groups in total. The van der Waals surface area contributed by atoms with Crippen molar-refractivity contribution in [1.29, 1.82) is 0 Å². The molecule has 1 aromatic carbocycles. The average molecular weight is 286 g/mol. The summed E-state index contributed by atoms with van der Waals surface area (Å²) in [6.07, 6.45) is 0.824. The number of carboxylic acids is 1. The van der Waals surface area contributed by atoms with Gasteiger partial charge in [0.25, 0.3) is 0 Å². The van der Waals surface area contributed by atoms with E-state index in [0.29, 0.717) is 0 Å². The van der Waals surface area contributed by atoms with E-state index in [1.54, 1.807) is 6.92 Å². The molecular weight excluding hydrogens is 270 g/mol. The molecule has 1 aromatic rings. The van der Waals surface area contributed by atoms with E-state index in [9.17, 15) is 4.79 Å². The molecule has 1 unspecified atom stereocenters. The summed E-state index contributed by atoms with van der Waals surface area (Å²) in [4.78, 5) is 10.7. The van der Waals surface area contributed by atoms with Gasteiger partial charge in [-0.05, 0) is 38.0 Å². The van der Waals surface area contributed by atoms with Crippen molar-refractivity contribution in [2.24, 2.45) is 0 Å². The summed E-state index contributed by atoms with van der Waals surface area (Å²) in [7, 11) is 0. The highest BCUT2D eigenvalue weighted by Gasteiger charge is 2.13. The zero-order valence-electron chi connectivity index (χ0n) is 9.40. The van der Waals surface area contributed by atoms with E-state index in [1.807, 2.05) is 31.2 Å². The Hall–Kier alpha value is -0.870. The molecule has 0 radical (unpaired) electrons. The lowest BCUT2D eigenvalue weighted by molar-refractivity contribution is -0.139. The fourth-order valence-corrected chi connectivity index (χ4v) is 1.80. The number of rotatable bonds is 5. The Labute approximate surface area is 104 Å². The molecule has 88 valence electrons. The topological polar surface area (TPSA) is 49.3 Å². The van der Waals surface area contributed by atoms with Crippen molar-refractivity contribution in [2.75, 3.05) is 0 Å². The van der Waals surface area contributed by atoms with Gasteiger partial charge in [0, 0.05) is 10.5 Å². The lowest BCUT2D eigenvalue weighted by Crippen LogP contribution is -2.40. The second-order valence-electron chi connectivity index (χ2n) is 3.96. The van der Waals surface area contributed by atoms with Crippen LogP contribution >= 0.6 is 15.9 Å². The van der Waals surface area contributed by atoms with Gasteiger partial charge in [0.05, 0.1) is 0 Å². The average Bonchev–Trinajstić information content (AvgIpc) is 2.21. The van der Waals surface area contributed by atoms with Gasteiger partial charge in [0.1, 0.15) is 6.04 Å². The van der Waals surface area contributed by atoms with Crippen LogP contribution in [0.3, 0.4) is 0 Å². The van der Waals surface area contributed by atoms with Crippen molar-refractivity contribution in [1.82, 2.24) is 5.32 Å². The highest BCUT2D eigenvalue weighted by Crippen LogP contribution is 2.11. The zero-order chi connectivity index (χ0) is 12.1. The lowest BCUT2D eigenvalue weighted by atomic mass is 10.1. The van der Waals surface area contributed by atoms with E-state index >= 15 is 0 Å². The summed E-state index contributed by atoms with van der Waals surface area (Å²) >= 11 is 3.38. The summed E-state index contributed by atoms with van der Waals surface area (Å²) < 4.78 is 1.05. The fraction of sp³-hybridized carbons (Fsp3) is 0.417. The minimum absolute atomic E-state index is 0.146. The molecule has 0 heterocycles. The third-order valence-corrected chi connectivity index (χ3v) is 2.89. The third kappa shape index (κ3) is 4.33. The second kappa shape index (κ2) is 6.01. The normalized spacial score (nSPS) is 14.4. The largest absolute Gasteiger partial charge is 0.480 e. The number of hydrogen-bond donors (Lipinski definition) is 2. The SMILES string of the molecule is CC(Cc1ccc(Br)cc1)N[C@H](C)C(=O)O.